The minimum absolute atomic E-state index is 0.157. The lowest BCUT2D eigenvalue weighted by Crippen LogP contribution is -2.14. The van der Waals surface area contributed by atoms with Crippen LogP contribution in [0.15, 0.2) is 12.3 Å². The third kappa shape index (κ3) is 4.91. The smallest absolute Gasteiger partial charge is 0.130 e. The molecule has 0 amide bonds. The minimum atomic E-state index is -0.162. The molecule has 0 unspecified atom stereocenters. The first kappa shape index (κ1) is 14.1. The van der Waals surface area contributed by atoms with Crippen molar-refractivity contribution in [2.75, 3.05) is 0 Å². The Hall–Kier alpha value is -0.920. The summed E-state index contributed by atoms with van der Waals surface area (Å²) >= 11 is 0. The Kier molecular flexibility index (Phi) is 5.48. The first-order valence-corrected chi connectivity index (χ1v) is 5.45. The third-order valence-corrected chi connectivity index (χ3v) is 1.80. The lowest BCUT2D eigenvalue weighted by Gasteiger charge is -2.19. The van der Waals surface area contributed by atoms with E-state index in [4.69, 9.17) is 0 Å². The van der Waals surface area contributed by atoms with E-state index in [-0.39, 0.29) is 11.2 Å². The number of hydrogen-bond acceptors (Lipinski definition) is 1. The van der Waals surface area contributed by atoms with Gasteiger partial charge in [-0.3, -0.25) is 4.98 Å². The molecule has 86 valence electrons. The van der Waals surface area contributed by atoms with E-state index < -0.39 is 0 Å². The Balaban J connectivity index is 0.000000583. The number of aromatic nitrogens is 1. The van der Waals surface area contributed by atoms with Gasteiger partial charge in [-0.2, -0.15) is 0 Å². The van der Waals surface area contributed by atoms with Crippen molar-refractivity contribution in [1.29, 1.82) is 0 Å². The molecule has 0 aliphatic heterocycles. The highest BCUT2D eigenvalue weighted by molar-refractivity contribution is 5.22. The predicted molar refractivity (Wildman–Crippen MR) is 63.6 cm³/mol. The molecule has 0 atom stereocenters. The lowest BCUT2D eigenvalue weighted by molar-refractivity contribution is 0.518. The second-order valence-corrected chi connectivity index (χ2v) is 4.76. The van der Waals surface area contributed by atoms with Gasteiger partial charge in [0.25, 0.3) is 0 Å². The maximum atomic E-state index is 13.3. The van der Waals surface area contributed by atoms with E-state index >= 15 is 0 Å². The van der Waals surface area contributed by atoms with Crippen molar-refractivity contribution in [3.63, 3.8) is 0 Å². The summed E-state index contributed by atoms with van der Waals surface area (Å²) in [5.41, 5.74) is 1.23. The van der Waals surface area contributed by atoms with Gasteiger partial charge in [-0.05, 0) is 18.4 Å². The molecule has 0 saturated heterocycles. The van der Waals surface area contributed by atoms with E-state index in [1.165, 1.54) is 12.5 Å². The third-order valence-electron chi connectivity index (χ3n) is 1.80. The van der Waals surface area contributed by atoms with Crippen molar-refractivity contribution in [1.82, 2.24) is 4.98 Å². The molecule has 1 aromatic rings. The van der Waals surface area contributed by atoms with Crippen LogP contribution in [-0.2, 0) is 5.41 Å². The molecule has 1 heterocycles. The van der Waals surface area contributed by atoms with E-state index in [9.17, 15) is 4.39 Å². The maximum absolute atomic E-state index is 13.3. The average molecular weight is 211 g/mol. The molecular formula is C13H22FN. The first-order chi connectivity index (χ1) is 6.82. The van der Waals surface area contributed by atoms with Crippen LogP contribution in [0.4, 0.5) is 4.39 Å². The van der Waals surface area contributed by atoms with Crippen molar-refractivity contribution in [3.8, 4) is 0 Å². The maximum Gasteiger partial charge on any atom is 0.130 e. The fraction of sp³-hybridized carbons (Fsp3) is 0.615. The second-order valence-electron chi connectivity index (χ2n) is 4.76. The number of rotatable bonds is 0. The Labute approximate surface area is 92.7 Å². The van der Waals surface area contributed by atoms with Gasteiger partial charge in [0, 0.05) is 17.5 Å². The van der Waals surface area contributed by atoms with Gasteiger partial charge in [0.05, 0.1) is 0 Å². The monoisotopic (exact) mass is 211 g/mol. The van der Waals surface area contributed by atoms with Crippen LogP contribution in [0, 0.1) is 12.7 Å². The molecule has 0 fully saturated rings. The molecule has 0 radical (unpaired) electrons. The summed E-state index contributed by atoms with van der Waals surface area (Å²) in [6.07, 6.45) is 2.87. The summed E-state index contributed by atoms with van der Waals surface area (Å²) in [7, 11) is 0. The lowest BCUT2D eigenvalue weighted by atomic mass is 9.88. The zero-order chi connectivity index (χ0) is 12.1. The molecule has 1 nitrogen and oxygen atoms in total. The molecule has 0 aromatic carbocycles. The fourth-order valence-corrected chi connectivity index (χ4v) is 1.08. The standard InChI is InChI=1S/C10H14FN.C3H8/c1-7-5-9(11)8(6-12-7)10(2,3)4;1-3-2/h5-6H,1-4H3;3H2,1-2H3. The molecule has 0 bridgehead atoms. The highest BCUT2D eigenvalue weighted by Crippen LogP contribution is 2.24. The zero-order valence-electron chi connectivity index (χ0n) is 10.7. The van der Waals surface area contributed by atoms with Gasteiger partial charge in [-0.25, -0.2) is 4.39 Å². The number of pyridine rings is 1. The highest BCUT2D eigenvalue weighted by Gasteiger charge is 2.18. The quantitative estimate of drug-likeness (QED) is 0.625. The van der Waals surface area contributed by atoms with Crippen LogP contribution in [0.2, 0.25) is 0 Å². The summed E-state index contributed by atoms with van der Waals surface area (Å²) in [4.78, 5) is 4.07. The Morgan fingerprint density at radius 3 is 2.07 bits per heavy atom. The number of nitrogens with zero attached hydrogens (tertiary/aromatic N) is 1. The van der Waals surface area contributed by atoms with Crippen LogP contribution in [0.1, 0.15) is 52.3 Å². The summed E-state index contributed by atoms with van der Waals surface area (Å²) in [6.45, 7) is 12.0. The van der Waals surface area contributed by atoms with Gasteiger partial charge in [-0.15, -0.1) is 0 Å². The molecule has 0 saturated carbocycles. The fourth-order valence-electron chi connectivity index (χ4n) is 1.08. The molecule has 0 aliphatic carbocycles. The van der Waals surface area contributed by atoms with Crippen LogP contribution in [0.5, 0.6) is 0 Å². The molecule has 0 aliphatic rings. The van der Waals surface area contributed by atoms with E-state index in [1.807, 2.05) is 20.8 Å². The zero-order valence-corrected chi connectivity index (χ0v) is 10.7. The molecule has 1 aromatic heterocycles. The molecule has 15 heavy (non-hydrogen) atoms. The SMILES string of the molecule is CCC.Cc1cc(F)c(C(C)(C)C)cn1. The predicted octanol–water partition coefficient (Wildman–Crippen LogP) is 4.24. The van der Waals surface area contributed by atoms with Crippen molar-refractivity contribution < 1.29 is 4.39 Å². The van der Waals surface area contributed by atoms with Crippen molar-refractivity contribution >= 4 is 0 Å². The van der Waals surface area contributed by atoms with Crippen molar-refractivity contribution in [3.05, 3.63) is 29.3 Å². The van der Waals surface area contributed by atoms with Crippen LogP contribution < -0.4 is 0 Å². The van der Waals surface area contributed by atoms with Crippen molar-refractivity contribution in [2.45, 2.75) is 53.4 Å². The number of aryl methyl sites for hydroxylation is 1. The van der Waals surface area contributed by atoms with Gasteiger partial charge in [0.2, 0.25) is 0 Å². The molecule has 1 rings (SSSR count). The average Bonchev–Trinajstić information content (AvgIpc) is 2.02. The van der Waals surface area contributed by atoms with E-state index in [0.29, 0.717) is 5.56 Å². The second kappa shape index (κ2) is 5.84. The van der Waals surface area contributed by atoms with Crippen LogP contribution >= 0.6 is 0 Å². The number of hydrogen-bond donors (Lipinski definition) is 0. The van der Waals surface area contributed by atoms with E-state index in [1.54, 1.807) is 13.1 Å². The summed E-state index contributed by atoms with van der Waals surface area (Å²) in [5, 5.41) is 0. The summed E-state index contributed by atoms with van der Waals surface area (Å²) < 4.78 is 13.3. The molecule has 0 spiro atoms. The van der Waals surface area contributed by atoms with Crippen LogP contribution in [-0.4, -0.2) is 4.98 Å². The van der Waals surface area contributed by atoms with E-state index in [0.717, 1.165) is 5.69 Å². The van der Waals surface area contributed by atoms with E-state index in [2.05, 4.69) is 18.8 Å². The Morgan fingerprint density at radius 2 is 1.73 bits per heavy atom. The van der Waals surface area contributed by atoms with Crippen LogP contribution in [0.3, 0.4) is 0 Å². The minimum Gasteiger partial charge on any atom is -0.261 e. The van der Waals surface area contributed by atoms with Gasteiger partial charge in [-0.1, -0.05) is 41.0 Å². The van der Waals surface area contributed by atoms with Gasteiger partial charge >= 0.3 is 0 Å². The highest BCUT2D eigenvalue weighted by atomic mass is 19.1. The summed E-state index contributed by atoms with van der Waals surface area (Å²) in [6, 6.07) is 1.47. The largest absolute Gasteiger partial charge is 0.261 e. The normalized spacial score (nSPS) is 10.6. The molecule has 0 N–H and O–H groups in total. The summed E-state index contributed by atoms with van der Waals surface area (Å²) in [5.74, 6) is -0.157. The van der Waals surface area contributed by atoms with Gasteiger partial charge in [0.1, 0.15) is 5.82 Å². The first-order valence-electron chi connectivity index (χ1n) is 5.45. The Bertz CT molecular complexity index is 300. The van der Waals surface area contributed by atoms with Gasteiger partial charge < -0.3 is 0 Å². The number of halogens is 1. The van der Waals surface area contributed by atoms with Crippen LogP contribution in [0.25, 0.3) is 0 Å². The van der Waals surface area contributed by atoms with Crippen molar-refractivity contribution in [2.24, 2.45) is 0 Å². The Morgan fingerprint density at radius 1 is 1.27 bits per heavy atom. The van der Waals surface area contributed by atoms with Gasteiger partial charge in [0.15, 0.2) is 0 Å². The molecular weight excluding hydrogens is 189 g/mol. The topological polar surface area (TPSA) is 12.9 Å². The molecule has 2 heteroatoms.